The fourth-order valence-corrected chi connectivity index (χ4v) is 2.44. The minimum absolute atomic E-state index is 0.192. The molecule has 2 aromatic carbocycles. The predicted molar refractivity (Wildman–Crippen MR) is 87.1 cm³/mol. The van der Waals surface area contributed by atoms with Crippen molar-refractivity contribution in [3.05, 3.63) is 65.5 Å². The molecule has 1 heterocycles. The maximum absolute atomic E-state index is 3.93. The third kappa shape index (κ3) is 2.83. The van der Waals surface area contributed by atoms with Gasteiger partial charge in [-0.3, -0.25) is 0 Å². The molecule has 0 bridgehead atoms. The molecule has 5 nitrogen and oxygen atoms in total. The van der Waals surface area contributed by atoms with Gasteiger partial charge in [0.2, 0.25) is 0 Å². The molecular weight excluding hydrogens is 274 g/mol. The second-order valence-corrected chi connectivity index (χ2v) is 5.46. The molecule has 0 saturated carbocycles. The first-order chi connectivity index (χ1) is 10.6. The Kier molecular flexibility index (Phi) is 3.87. The normalized spacial score (nSPS) is 12.1. The summed E-state index contributed by atoms with van der Waals surface area (Å²) in [6.45, 7) is 6.42. The molecule has 5 heteroatoms. The van der Waals surface area contributed by atoms with Crippen molar-refractivity contribution in [3.8, 4) is 5.69 Å². The number of aromatic nitrogens is 4. The Hall–Kier alpha value is -2.69. The van der Waals surface area contributed by atoms with Crippen LogP contribution in [0.4, 0.5) is 5.69 Å². The van der Waals surface area contributed by atoms with Crippen molar-refractivity contribution in [2.45, 2.75) is 26.8 Å². The summed E-state index contributed by atoms with van der Waals surface area (Å²) in [5.41, 5.74) is 5.89. The monoisotopic (exact) mass is 293 g/mol. The van der Waals surface area contributed by atoms with E-state index in [9.17, 15) is 0 Å². The van der Waals surface area contributed by atoms with Gasteiger partial charge in [0, 0.05) is 11.7 Å². The molecule has 0 aliphatic heterocycles. The molecule has 0 saturated heterocycles. The zero-order valence-corrected chi connectivity index (χ0v) is 13.0. The smallest absolute Gasteiger partial charge is 0.143 e. The highest BCUT2D eigenvalue weighted by Crippen LogP contribution is 2.24. The summed E-state index contributed by atoms with van der Waals surface area (Å²) in [7, 11) is 0. The summed E-state index contributed by atoms with van der Waals surface area (Å²) < 4.78 is 1.66. The molecule has 0 aliphatic carbocycles. The maximum Gasteiger partial charge on any atom is 0.143 e. The van der Waals surface area contributed by atoms with Gasteiger partial charge in [-0.15, -0.1) is 5.10 Å². The number of aryl methyl sites for hydroxylation is 1. The van der Waals surface area contributed by atoms with Gasteiger partial charge in [-0.05, 0) is 66.1 Å². The number of nitrogens with zero attached hydrogens (tertiary/aromatic N) is 4. The Morgan fingerprint density at radius 3 is 2.68 bits per heavy atom. The number of nitrogens with one attached hydrogen (secondary N) is 1. The van der Waals surface area contributed by atoms with Gasteiger partial charge in [-0.2, -0.15) is 0 Å². The minimum atomic E-state index is 0.192. The van der Waals surface area contributed by atoms with Crippen LogP contribution >= 0.6 is 0 Å². The molecule has 1 atom stereocenters. The molecule has 1 unspecified atom stereocenters. The average molecular weight is 293 g/mol. The van der Waals surface area contributed by atoms with Crippen LogP contribution < -0.4 is 5.32 Å². The van der Waals surface area contributed by atoms with Gasteiger partial charge < -0.3 is 5.32 Å². The molecule has 0 spiro atoms. The largest absolute Gasteiger partial charge is 0.378 e. The van der Waals surface area contributed by atoms with Crippen LogP contribution in [0.1, 0.15) is 29.7 Å². The van der Waals surface area contributed by atoms with E-state index < -0.39 is 0 Å². The van der Waals surface area contributed by atoms with Gasteiger partial charge in [0.15, 0.2) is 0 Å². The van der Waals surface area contributed by atoms with Crippen LogP contribution in [0.5, 0.6) is 0 Å². The Bertz CT molecular complexity index is 764. The second kappa shape index (κ2) is 5.97. The van der Waals surface area contributed by atoms with Crippen molar-refractivity contribution in [1.82, 2.24) is 20.2 Å². The van der Waals surface area contributed by atoms with Crippen LogP contribution in [-0.2, 0) is 0 Å². The molecule has 0 amide bonds. The lowest BCUT2D eigenvalue weighted by molar-refractivity contribution is 0.785. The zero-order chi connectivity index (χ0) is 15.5. The fourth-order valence-electron chi connectivity index (χ4n) is 2.44. The van der Waals surface area contributed by atoms with Crippen LogP contribution in [0.3, 0.4) is 0 Å². The Balaban J connectivity index is 1.85. The summed E-state index contributed by atoms with van der Waals surface area (Å²) in [6.07, 6.45) is 1.60. The van der Waals surface area contributed by atoms with E-state index in [4.69, 9.17) is 0 Å². The van der Waals surface area contributed by atoms with Crippen molar-refractivity contribution in [2.75, 3.05) is 5.32 Å². The van der Waals surface area contributed by atoms with Gasteiger partial charge in [-0.25, -0.2) is 4.68 Å². The molecule has 0 aliphatic rings. The van der Waals surface area contributed by atoms with E-state index in [-0.39, 0.29) is 6.04 Å². The number of hydrogen-bond donors (Lipinski definition) is 1. The average Bonchev–Trinajstić information content (AvgIpc) is 3.06. The highest BCUT2D eigenvalue weighted by atomic mass is 15.5. The van der Waals surface area contributed by atoms with Crippen molar-refractivity contribution in [1.29, 1.82) is 0 Å². The van der Waals surface area contributed by atoms with Crippen molar-refractivity contribution in [3.63, 3.8) is 0 Å². The van der Waals surface area contributed by atoms with E-state index in [2.05, 4.69) is 71.9 Å². The second-order valence-electron chi connectivity index (χ2n) is 5.46. The third-order valence-electron chi connectivity index (χ3n) is 3.96. The van der Waals surface area contributed by atoms with Crippen LogP contribution in [0.2, 0.25) is 0 Å². The summed E-state index contributed by atoms with van der Waals surface area (Å²) in [4.78, 5) is 0. The Morgan fingerprint density at radius 2 is 1.91 bits per heavy atom. The lowest BCUT2D eigenvalue weighted by Crippen LogP contribution is -2.09. The molecule has 22 heavy (non-hydrogen) atoms. The maximum atomic E-state index is 3.93. The van der Waals surface area contributed by atoms with E-state index in [0.717, 1.165) is 5.69 Å². The van der Waals surface area contributed by atoms with E-state index in [1.807, 2.05) is 12.1 Å². The molecule has 3 aromatic rings. The van der Waals surface area contributed by atoms with E-state index in [1.54, 1.807) is 11.0 Å². The highest BCUT2D eigenvalue weighted by molar-refractivity contribution is 5.55. The van der Waals surface area contributed by atoms with Crippen molar-refractivity contribution < 1.29 is 0 Å². The van der Waals surface area contributed by atoms with E-state index in [1.165, 1.54) is 22.4 Å². The molecular formula is C17H19N5. The SMILES string of the molecule is Cc1cccc(NC(C)c2cccc(-n3cnnn3)c2)c1C. The summed E-state index contributed by atoms with van der Waals surface area (Å²) in [6, 6.07) is 14.7. The van der Waals surface area contributed by atoms with Gasteiger partial charge in [0.1, 0.15) is 6.33 Å². The van der Waals surface area contributed by atoms with Crippen LogP contribution in [0, 0.1) is 13.8 Å². The lowest BCUT2D eigenvalue weighted by Gasteiger charge is -2.19. The number of rotatable bonds is 4. The molecule has 3 rings (SSSR count). The van der Waals surface area contributed by atoms with Crippen LogP contribution in [0.15, 0.2) is 48.8 Å². The fraction of sp³-hybridized carbons (Fsp3) is 0.235. The molecule has 1 N–H and O–H groups in total. The van der Waals surface area contributed by atoms with Crippen molar-refractivity contribution in [2.24, 2.45) is 0 Å². The Morgan fingerprint density at radius 1 is 1.09 bits per heavy atom. The standard InChI is InChI=1S/C17H19N5/c1-12-6-4-9-17(13(12)2)19-14(3)15-7-5-8-16(10-15)22-11-18-20-21-22/h4-11,14,19H,1-3H3. The predicted octanol–water partition coefficient (Wildman–Crippen LogP) is 3.45. The topological polar surface area (TPSA) is 55.6 Å². The van der Waals surface area contributed by atoms with E-state index in [0.29, 0.717) is 0 Å². The van der Waals surface area contributed by atoms with Gasteiger partial charge >= 0.3 is 0 Å². The molecule has 0 radical (unpaired) electrons. The van der Waals surface area contributed by atoms with Crippen LogP contribution in [-0.4, -0.2) is 20.2 Å². The molecule has 1 aromatic heterocycles. The number of tetrazole rings is 1. The molecule has 0 fully saturated rings. The summed E-state index contributed by atoms with van der Waals surface area (Å²) in [5, 5.41) is 14.9. The Labute approximate surface area is 130 Å². The highest BCUT2D eigenvalue weighted by Gasteiger charge is 2.09. The number of benzene rings is 2. The van der Waals surface area contributed by atoms with Gasteiger partial charge in [-0.1, -0.05) is 24.3 Å². The van der Waals surface area contributed by atoms with Gasteiger partial charge in [0.05, 0.1) is 5.69 Å². The number of anilines is 1. The summed E-state index contributed by atoms with van der Waals surface area (Å²) in [5.74, 6) is 0. The lowest BCUT2D eigenvalue weighted by atomic mass is 10.0. The quantitative estimate of drug-likeness (QED) is 0.800. The first-order valence-electron chi connectivity index (χ1n) is 7.31. The number of hydrogen-bond acceptors (Lipinski definition) is 4. The summed E-state index contributed by atoms with van der Waals surface area (Å²) >= 11 is 0. The first-order valence-corrected chi connectivity index (χ1v) is 7.31. The minimum Gasteiger partial charge on any atom is -0.378 e. The zero-order valence-electron chi connectivity index (χ0n) is 13.0. The first kappa shape index (κ1) is 14.3. The third-order valence-corrected chi connectivity index (χ3v) is 3.96. The van der Waals surface area contributed by atoms with Crippen molar-refractivity contribution >= 4 is 5.69 Å². The van der Waals surface area contributed by atoms with E-state index >= 15 is 0 Å². The molecule has 112 valence electrons. The van der Waals surface area contributed by atoms with Crippen LogP contribution in [0.25, 0.3) is 5.69 Å². The van der Waals surface area contributed by atoms with Gasteiger partial charge in [0.25, 0.3) is 0 Å².